The summed E-state index contributed by atoms with van der Waals surface area (Å²) < 4.78 is 16.9. The molecule has 1 aliphatic carbocycles. The molecule has 2 heterocycles. The number of allylic oxidation sites excluding steroid dienone is 1. The third-order valence-corrected chi connectivity index (χ3v) is 6.05. The van der Waals surface area contributed by atoms with Gasteiger partial charge in [0.05, 0.1) is 5.60 Å². The van der Waals surface area contributed by atoms with Gasteiger partial charge in [-0.3, -0.25) is 0 Å². The van der Waals surface area contributed by atoms with Crippen LogP contribution in [-0.2, 0) is 23.8 Å². The van der Waals surface area contributed by atoms with Crippen molar-refractivity contribution in [3.63, 3.8) is 0 Å². The number of hydrogen-bond acceptors (Lipinski definition) is 5. The first-order chi connectivity index (χ1) is 14.0. The highest BCUT2D eigenvalue weighted by Gasteiger charge is 2.61. The van der Waals surface area contributed by atoms with Crippen LogP contribution in [0.3, 0.4) is 0 Å². The first kappa shape index (κ1) is 19.6. The largest absolute Gasteiger partial charge is 0.458 e. The molecule has 2 fully saturated rings. The maximum Gasteiger partial charge on any atom is 0.334 e. The molecule has 0 amide bonds. The molecule has 0 unspecified atom stereocenters. The molecule has 0 saturated carbocycles. The van der Waals surface area contributed by atoms with Gasteiger partial charge in [-0.05, 0) is 49.8 Å². The average Bonchev–Trinajstić information content (AvgIpc) is 3.31. The summed E-state index contributed by atoms with van der Waals surface area (Å²) in [4.78, 5) is 24.1. The van der Waals surface area contributed by atoms with Gasteiger partial charge < -0.3 is 14.2 Å². The van der Waals surface area contributed by atoms with Crippen molar-refractivity contribution >= 4 is 18.0 Å². The minimum absolute atomic E-state index is 0.0494. The minimum atomic E-state index is -0.369. The second-order valence-corrected chi connectivity index (χ2v) is 8.14. The first-order valence-corrected chi connectivity index (χ1v) is 10.1. The molecule has 4 rings (SSSR count). The van der Waals surface area contributed by atoms with Crippen LogP contribution in [0.5, 0.6) is 0 Å². The van der Waals surface area contributed by atoms with E-state index in [-0.39, 0.29) is 42.3 Å². The Morgan fingerprint density at radius 2 is 2.14 bits per heavy atom. The summed E-state index contributed by atoms with van der Waals surface area (Å²) >= 11 is 0. The number of fused-ring (bicyclic) bond motifs is 3. The molecule has 3 aliphatic rings. The van der Waals surface area contributed by atoms with Crippen LogP contribution >= 0.6 is 0 Å². The van der Waals surface area contributed by atoms with E-state index in [2.05, 4.69) is 19.6 Å². The van der Waals surface area contributed by atoms with E-state index in [4.69, 9.17) is 14.2 Å². The number of ether oxygens (including phenoxy) is 3. The standard InChI is InChI=1S/C24H26O5/c1-16-19-12-10-18(15-27-20(25)13-11-17-7-4-3-5-8-17)9-6-14-24(2)22(29-24)21(19)28-23(16)26/h3-5,7-9,11,13,19,21-22H,1,6,10,12,14-15H2,2H3/b13-11+,18-9+/t19-,21-,22-,24+/m0/s1. The molecule has 2 aliphatic heterocycles. The lowest BCUT2D eigenvalue weighted by Gasteiger charge is -2.20. The highest BCUT2D eigenvalue weighted by atomic mass is 16.6. The number of rotatable bonds is 4. The molecule has 4 atom stereocenters. The summed E-state index contributed by atoms with van der Waals surface area (Å²) in [5.41, 5.74) is 2.27. The Bertz CT molecular complexity index is 869. The maximum absolute atomic E-state index is 12.1. The molecule has 29 heavy (non-hydrogen) atoms. The predicted molar refractivity (Wildman–Crippen MR) is 109 cm³/mol. The van der Waals surface area contributed by atoms with Gasteiger partial charge in [-0.2, -0.15) is 0 Å². The lowest BCUT2D eigenvalue weighted by molar-refractivity contribution is -0.140. The zero-order valence-corrected chi connectivity index (χ0v) is 16.6. The number of benzene rings is 1. The van der Waals surface area contributed by atoms with E-state index in [1.165, 1.54) is 6.08 Å². The molecule has 1 aromatic carbocycles. The summed E-state index contributed by atoms with van der Waals surface area (Å²) in [6.07, 6.45) is 8.17. The molecule has 5 nitrogen and oxygen atoms in total. The average molecular weight is 394 g/mol. The predicted octanol–water partition coefficient (Wildman–Crippen LogP) is 4.00. The molecule has 1 aromatic rings. The Morgan fingerprint density at radius 3 is 2.93 bits per heavy atom. The SMILES string of the molecule is C=C1C(=O)O[C@H]2[C@H]1CC/C(COC(=O)/C=C/c1ccccc1)=C\CC[C@@]1(C)O[C@@H]21. The molecule has 0 bridgehead atoms. The van der Waals surface area contributed by atoms with Gasteiger partial charge in [0.25, 0.3) is 0 Å². The van der Waals surface area contributed by atoms with Gasteiger partial charge in [0.15, 0.2) is 0 Å². The van der Waals surface area contributed by atoms with E-state index in [1.807, 2.05) is 30.3 Å². The third kappa shape index (κ3) is 4.35. The van der Waals surface area contributed by atoms with E-state index in [0.717, 1.165) is 36.8 Å². The van der Waals surface area contributed by atoms with Crippen LogP contribution in [-0.4, -0.2) is 36.4 Å². The monoisotopic (exact) mass is 394 g/mol. The van der Waals surface area contributed by atoms with Crippen molar-refractivity contribution in [2.75, 3.05) is 6.61 Å². The molecule has 0 N–H and O–H groups in total. The minimum Gasteiger partial charge on any atom is -0.458 e. The van der Waals surface area contributed by atoms with E-state index in [9.17, 15) is 9.59 Å². The van der Waals surface area contributed by atoms with Crippen LogP contribution < -0.4 is 0 Å². The fourth-order valence-electron chi connectivity index (χ4n) is 4.19. The number of carbonyl (C=O) groups excluding carboxylic acids is 2. The van der Waals surface area contributed by atoms with E-state index in [1.54, 1.807) is 6.08 Å². The van der Waals surface area contributed by atoms with Gasteiger partial charge in [0.1, 0.15) is 18.8 Å². The van der Waals surface area contributed by atoms with Crippen molar-refractivity contribution in [3.8, 4) is 0 Å². The maximum atomic E-state index is 12.1. The van der Waals surface area contributed by atoms with Crippen LogP contribution in [0.25, 0.3) is 6.08 Å². The lowest BCUT2D eigenvalue weighted by atomic mass is 9.84. The van der Waals surface area contributed by atoms with Crippen LogP contribution in [0.2, 0.25) is 0 Å². The van der Waals surface area contributed by atoms with Gasteiger partial charge >= 0.3 is 11.9 Å². The Balaban J connectivity index is 1.38. The van der Waals surface area contributed by atoms with E-state index < -0.39 is 0 Å². The van der Waals surface area contributed by atoms with Gasteiger partial charge in [-0.25, -0.2) is 9.59 Å². The highest BCUT2D eigenvalue weighted by molar-refractivity contribution is 5.91. The topological polar surface area (TPSA) is 65.1 Å². The number of epoxide rings is 1. The van der Waals surface area contributed by atoms with Crippen LogP contribution in [0.4, 0.5) is 0 Å². The quantitative estimate of drug-likeness (QED) is 0.334. The molecule has 2 saturated heterocycles. The Morgan fingerprint density at radius 1 is 1.34 bits per heavy atom. The third-order valence-electron chi connectivity index (χ3n) is 6.05. The molecule has 0 radical (unpaired) electrons. The van der Waals surface area contributed by atoms with Gasteiger partial charge in [0, 0.05) is 17.6 Å². The zero-order chi connectivity index (χ0) is 20.4. The summed E-state index contributed by atoms with van der Waals surface area (Å²) in [6, 6.07) is 9.62. The van der Waals surface area contributed by atoms with Crippen LogP contribution in [0.15, 0.2) is 60.2 Å². The Hall–Kier alpha value is -2.66. The normalized spacial score (nSPS) is 33.3. The summed E-state index contributed by atoms with van der Waals surface area (Å²) in [5, 5.41) is 0. The van der Waals surface area contributed by atoms with Crippen molar-refractivity contribution in [2.45, 2.75) is 50.4 Å². The van der Waals surface area contributed by atoms with Crippen molar-refractivity contribution < 1.29 is 23.8 Å². The lowest BCUT2D eigenvalue weighted by Crippen LogP contribution is -2.29. The second kappa shape index (κ2) is 7.99. The zero-order valence-electron chi connectivity index (χ0n) is 16.6. The fraction of sp³-hybridized carbons (Fsp3) is 0.417. The van der Waals surface area contributed by atoms with E-state index >= 15 is 0 Å². The summed E-state index contributed by atoms with van der Waals surface area (Å²) in [6.45, 7) is 6.24. The molecule has 5 heteroatoms. The van der Waals surface area contributed by atoms with Crippen LogP contribution in [0, 0.1) is 5.92 Å². The fourth-order valence-corrected chi connectivity index (χ4v) is 4.19. The Labute approximate surface area is 171 Å². The molecule has 152 valence electrons. The second-order valence-electron chi connectivity index (χ2n) is 8.14. The smallest absolute Gasteiger partial charge is 0.334 e. The van der Waals surface area contributed by atoms with Crippen LogP contribution in [0.1, 0.15) is 38.2 Å². The number of carbonyl (C=O) groups is 2. The summed E-state index contributed by atoms with van der Waals surface area (Å²) in [5.74, 6) is -0.740. The van der Waals surface area contributed by atoms with Crippen molar-refractivity contribution in [3.05, 3.63) is 65.8 Å². The van der Waals surface area contributed by atoms with Crippen molar-refractivity contribution in [1.29, 1.82) is 0 Å². The molecule has 0 aromatic heterocycles. The molecular weight excluding hydrogens is 368 g/mol. The number of esters is 2. The molecule has 0 spiro atoms. The molecular formula is C24H26O5. The highest BCUT2D eigenvalue weighted by Crippen LogP contribution is 2.49. The van der Waals surface area contributed by atoms with Crippen molar-refractivity contribution in [2.24, 2.45) is 5.92 Å². The number of hydrogen-bond donors (Lipinski definition) is 0. The summed E-state index contributed by atoms with van der Waals surface area (Å²) in [7, 11) is 0. The van der Waals surface area contributed by atoms with Gasteiger partial charge in [-0.15, -0.1) is 0 Å². The first-order valence-electron chi connectivity index (χ1n) is 10.1. The van der Waals surface area contributed by atoms with E-state index in [0.29, 0.717) is 5.57 Å². The van der Waals surface area contributed by atoms with Gasteiger partial charge in [-0.1, -0.05) is 43.0 Å². The van der Waals surface area contributed by atoms with Gasteiger partial charge in [0.2, 0.25) is 0 Å². The van der Waals surface area contributed by atoms with Crippen molar-refractivity contribution in [1.82, 2.24) is 0 Å². The Kier molecular flexibility index (Phi) is 5.41.